The van der Waals surface area contributed by atoms with Crippen molar-refractivity contribution in [2.24, 2.45) is 0 Å². The van der Waals surface area contributed by atoms with E-state index in [1.807, 2.05) is 12.1 Å². The molecule has 0 saturated heterocycles. The molecule has 0 atom stereocenters. The summed E-state index contributed by atoms with van der Waals surface area (Å²) in [6.45, 7) is 0. The molecule has 4 heteroatoms. The smallest absolute Gasteiger partial charge is 0.121 e. The van der Waals surface area contributed by atoms with E-state index in [4.69, 9.17) is 4.74 Å². The van der Waals surface area contributed by atoms with Crippen LogP contribution >= 0.6 is 51.1 Å². The quantitative estimate of drug-likeness (QED) is 0.607. The van der Waals surface area contributed by atoms with Crippen molar-refractivity contribution < 1.29 is 4.74 Å². The maximum Gasteiger partial charge on any atom is 0.121 e. The lowest BCUT2D eigenvalue weighted by atomic mass is 10.3. The van der Waals surface area contributed by atoms with E-state index < -0.39 is 0 Å². The zero-order valence-electron chi connectivity index (χ0n) is 5.77. The van der Waals surface area contributed by atoms with Gasteiger partial charge in [-0.15, -0.1) is 12.6 Å². The van der Waals surface area contributed by atoms with Gasteiger partial charge < -0.3 is 4.74 Å². The summed E-state index contributed by atoms with van der Waals surface area (Å²) in [6, 6.07) is 3.80. The highest BCUT2D eigenvalue weighted by Crippen LogP contribution is 2.30. The summed E-state index contributed by atoms with van der Waals surface area (Å²) in [7, 11) is 1.64. The monoisotopic (exact) mass is 344 g/mol. The van der Waals surface area contributed by atoms with Crippen LogP contribution in [0.15, 0.2) is 21.5 Å². The molecular formula is C7H6BrIOS. The molecule has 0 spiro atoms. The van der Waals surface area contributed by atoms with Crippen molar-refractivity contribution in [3.05, 3.63) is 20.2 Å². The molecule has 1 nitrogen and oxygen atoms in total. The van der Waals surface area contributed by atoms with Crippen molar-refractivity contribution in [3.8, 4) is 5.75 Å². The molecule has 0 heterocycles. The van der Waals surface area contributed by atoms with Crippen LogP contribution in [-0.4, -0.2) is 7.11 Å². The summed E-state index contributed by atoms with van der Waals surface area (Å²) in [5.74, 6) is 0.822. The predicted octanol–water partition coefficient (Wildman–Crippen LogP) is 3.35. The Bertz CT molecular complexity index is 254. The highest BCUT2D eigenvalue weighted by molar-refractivity contribution is 14.1. The van der Waals surface area contributed by atoms with Crippen LogP contribution in [0, 0.1) is 3.57 Å². The summed E-state index contributed by atoms with van der Waals surface area (Å²) in [5, 5.41) is 0. The molecule has 11 heavy (non-hydrogen) atoms. The standard InChI is InChI=1S/C7H6BrIOS/c1-10-4-2-5(8)7(9)6(11)3-4/h2-3,11H,1H3. The summed E-state index contributed by atoms with van der Waals surface area (Å²) in [4.78, 5) is 0.928. The number of hydrogen-bond donors (Lipinski definition) is 1. The van der Waals surface area contributed by atoms with Gasteiger partial charge in [0, 0.05) is 12.9 Å². The topological polar surface area (TPSA) is 9.23 Å². The third-order valence-electron chi connectivity index (χ3n) is 1.22. The van der Waals surface area contributed by atoms with E-state index in [9.17, 15) is 0 Å². The van der Waals surface area contributed by atoms with Gasteiger partial charge in [0.2, 0.25) is 0 Å². The highest BCUT2D eigenvalue weighted by Gasteiger charge is 2.02. The Morgan fingerprint density at radius 2 is 2.18 bits per heavy atom. The van der Waals surface area contributed by atoms with E-state index in [1.165, 1.54) is 0 Å². The lowest BCUT2D eigenvalue weighted by molar-refractivity contribution is 0.413. The fourth-order valence-electron chi connectivity index (χ4n) is 0.668. The third kappa shape index (κ3) is 2.26. The molecule has 1 aromatic rings. The second-order valence-corrected chi connectivity index (χ2v) is 4.36. The molecule has 0 aliphatic heterocycles. The molecule has 0 aromatic heterocycles. The van der Waals surface area contributed by atoms with Crippen LogP contribution in [0.2, 0.25) is 0 Å². The number of ether oxygens (including phenoxy) is 1. The number of halogens is 2. The van der Waals surface area contributed by atoms with Crippen LogP contribution in [0.25, 0.3) is 0 Å². The van der Waals surface area contributed by atoms with Gasteiger partial charge in [-0.3, -0.25) is 0 Å². The van der Waals surface area contributed by atoms with Crippen molar-refractivity contribution in [3.63, 3.8) is 0 Å². The fraction of sp³-hybridized carbons (Fsp3) is 0.143. The largest absolute Gasteiger partial charge is 0.497 e. The SMILES string of the molecule is COc1cc(S)c(I)c(Br)c1. The first-order valence-corrected chi connectivity index (χ1v) is 5.19. The van der Waals surface area contributed by atoms with Gasteiger partial charge >= 0.3 is 0 Å². The van der Waals surface area contributed by atoms with E-state index in [2.05, 4.69) is 51.1 Å². The molecule has 0 aliphatic carbocycles. The third-order valence-corrected chi connectivity index (χ3v) is 4.53. The van der Waals surface area contributed by atoms with Crippen molar-refractivity contribution >= 4 is 51.1 Å². The molecule has 0 saturated carbocycles. The van der Waals surface area contributed by atoms with Crippen molar-refractivity contribution in [1.82, 2.24) is 0 Å². The molecule has 1 rings (SSSR count). The van der Waals surface area contributed by atoms with Crippen molar-refractivity contribution in [2.75, 3.05) is 7.11 Å². The molecule has 60 valence electrons. The predicted molar refractivity (Wildman–Crippen MR) is 60.7 cm³/mol. The van der Waals surface area contributed by atoms with Crippen LogP contribution in [-0.2, 0) is 0 Å². The molecule has 0 N–H and O–H groups in total. The van der Waals surface area contributed by atoms with Crippen molar-refractivity contribution in [2.45, 2.75) is 4.90 Å². The first kappa shape index (κ1) is 9.67. The Balaban J connectivity index is 3.21. The number of methoxy groups -OCH3 is 1. The molecule has 0 aliphatic rings. The van der Waals surface area contributed by atoms with Gasteiger partial charge in [-0.25, -0.2) is 0 Å². The lowest BCUT2D eigenvalue weighted by Gasteiger charge is -2.04. The van der Waals surface area contributed by atoms with Crippen LogP contribution in [0.3, 0.4) is 0 Å². The normalized spacial score (nSPS) is 9.82. The van der Waals surface area contributed by atoms with E-state index >= 15 is 0 Å². The van der Waals surface area contributed by atoms with Gasteiger partial charge in [0.1, 0.15) is 5.75 Å². The maximum absolute atomic E-state index is 5.05. The molecule has 0 radical (unpaired) electrons. The summed E-state index contributed by atoms with van der Waals surface area (Å²) in [5.41, 5.74) is 0. The first-order valence-electron chi connectivity index (χ1n) is 2.87. The van der Waals surface area contributed by atoms with E-state index in [0.717, 1.165) is 18.7 Å². The minimum Gasteiger partial charge on any atom is -0.497 e. The lowest BCUT2D eigenvalue weighted by Crippen LogP contribution is -1.85. The van der Waals surface area contributed by atoms with Crippen LogP contribution in [0.5, 0.6) is 5.75 Å². The van der Waals surface area contributed by atoms with Crippen LogP contribution < -0.4 is 4.74 Å². The molecule has 1 aromatic carbocycles. The van der Waals surface area contributed by atoms with Crippen LogP contribution in [0.1, 0.15) is 0 Å². The molecular weight excluding hydrogens is 339 g/mol. The summed E-state index contributed by atoms with van der Waals surface area (Å²) < 4.78 is 7.17. The minimum atomic E-state index is 0.822. The number of hydrogen-bond acceptors (Lipinski definition) is 2. The Hall–Kier alpha value is 0.580. The van der Waals surface area contributed by atoms with E-state index in [-0.39, 0.29) is 0 Å². The number of benzene rings is 1. The van der Waals surface area contributed by atoms with E-state index in [1.54, 1.807) is 7.11 Å². The zero-order valence-corrected chi connectivity index (χ0v) is 10.4. The molecule has 0 unspecified atom stereocenters. The Morgan fingerprint density at radius 3 is 2.64 bits per heavy atom. The van der Waals surface area contributed by atoms with Gasteiger partial charge in [-0.05, 0) is 50.7 Å². The maximum atomic E-state index is 5.05. The first-order chi connectivity index (χ1) is 5.15. The summed E-state index contributed by atoms with van der Waals surface area (Å²) in [6.07, 6.45) is 0. The average molecular weight is 345 g/mol. The van der Waals surface area contributed by atoms with Gasteiger partial charge in [-0.2, -0.15) is 0 Å². The minimum absolute atomic E-state index is 0.822. The second kappa shape index (κ2) is 4.00. The zero-order chi connectivity index (χ0) is 8.43. The average Bonchev–Trinajstić information content (AvgIpc) is 1.99. The van der Waals surface area contributed by atoms with Gasteiger partial charge in [-0.1, -0.05) is 0 Å². The summed E-state index contributed by atoms with van der Waals surface area (Å²) >= 11 is 9.90. The van der Waals surface area contributed by atoms with Crippen LogP contribution in [0.4, 0.5) is 0 Å². The molecule has 0 fully saturated rings. The Kier molecular flexibility index (Phi) is 3.52. The van der Waals surface area contributed by atoms with Gasteiger partial charge in [0.25, 0.3) is 0 Å². The molecule has 0 bridgehead atoms. The number of rotatable bonds is 1. The Labute approximate surface area is 93.2 Å². The van der Waals surface area contributed by atoms with Gasteiger partial charge in [0.15, 0.2) is 0 Å². The van der Waals surface area contributed by atoms with E-state index in [0.29, 0.717) is 0 Å². The van der Waals surface area contributed by atoms with Crippen molar-refractivity contribution in [1.29, 1.82) is 0 Å². The number of thiol groups is 1. The van der Waals surface area contributed by atoms with Gasteiger partial charge in [0.05, 0.1) is 7.11 Å². The Morgan fingerprint density at radius 1 is 1.55 bits per heavy atom. The molecule has 0 amide bonds. The second-order valence-electron chi connectivity index (χ2n) is 1.94. The fourth-order valence-corrected chi connectivity index (χ4v) is 1.82. The highest BCUT2D eigenvalue weighted by atomic mass is 127.